The third-order valence-corrected chi connectivity index (χ3v) is 8.28. The lowest BCUT2D eigenvalue weighted by molar-refractivity contribution is -0.122. The first-order valence-corrected chi connectivity index (χ1v) is 14.0. The highest BCUT2D eigenvalue weighted by Gasteiger charge is 2.32. The zero-order valence-electron chi connectivity index (χ0n) is 20.0. The lowest BCUT2D eigenvalue weighted by Gasteiger charge is -2.14. The van der Waals surface area contributed by atoms with E-state index in [4.69, 9.17) is 17.2 Å². The van der Waals surface area contributed by atoms with Gasteiger partial charge in [0.25, 0.3) is 11.5 Å². The zero-order valence-corrected chi connectivity index (χ0v) is 22.5. The molecule has 1 aliphatic heterocycles. The van der Waals surface area contributed by atoms with Gasteiger partial charge in [-0.2, -0.15) is 0 Å². The van der Waals surface area contributed by atoms with Gasteiger partial charge >= 0.3 is 0 Å². The number of unbranched alkanes of at least 4 members (excludes halogenated alkanes) is 5. The van der Waals surface area contributed by atoms with Crippen molar-refractivity contribution in [3.8, 4) is 0 Å². The first-order valence-electron chi connectivity index (χ1n) is 12.0. The van der Waals surface area contributed by atoms with Crippen LogP contribution in [0.25, 0.3) is 11.7 Å². The van der Waals surface area contributed by atoms with E-state index >= 15 is 0 Å². The standard InChI is InChI=1S/C27H29N3O2S3/c1-3-4-5-6-7-11-16-30-26(32)22(35-27(30)33)18-21-24(34-20-14-9-8-10-15-20)28-23-19(2)13-12-17-29(23)25(21)31/h8-10,12-15,17-18H,3-7,11,16H2,1-2H3. The van der Waals surface area contributed by atoms with Crippen LogP contribution >= 0.6 is 35.7 Å². The fraction of sp³-hybridized carbons (Fsp3) is 0.333. The first kappa shape index (κ1) is 25.7. The lowest BCUT2D eigenvalue weighted by Crippen LogP contribution is -2.29. The molecule has 1 saturated heterocycles. The van der Waals surface area contributed by atoms with Gasteiger partial charge in [0.15, 0.2) is 0 Å². The second kappa shape index (κ2) is 12.0. The molecule has 0 aliphatic carbocycles. The maximum absolute atomic E-state index is 13.5. The average Bonchev–Trinajstić information content (AvgIpc) is 3.12. The normalized spacial score (nSPS) is 15.0. The van der Waals surface area contributed by atoms with Crippen LogP contribution < -0.4 is 5.56 Å². The SMILES string of the molecule is CCCCCCCCN1C(=O)C(=Cc2c(Sc3ccccc3)nc3c(C)cccn3c2=O)SC1=S. The van der Waals surface area contributed by atoms with E-state index in [0.717, 1.165) is 23.3 Å². The minimum absolute atomic E-state index is 0.127. The molecule has 8 heteroatoms. The molecule has 0 radical (unpaired) electrons. The number of aromatic nitrogens is 2. The molecule has 0 unspecified atom stereocenters. The average molecular weight is 524 g/mol. The van der Waals surface area contributed by atoms with Crippen molar-refractivity contribution in [1.82, 2.24) is 14.3 Å². The molecule has 1 aliphatic rings. The van der Waals surface area contributed by atoms with E-state index in [2.05, 4.69) is 6.92 Å². The number of benzene rings is 1. The van der Waals surface area contributed by atoms with Crippen molar-refractivity contribution in [3.05, 3.63) is 75.0 Å². The van der Waals surface area contributed by atoms with Crippen LogP contribution in [-0.2, 0) is 4.79 Å². The number of thioether (sulfide) groups is 1. The van der Waals surface area contributed by atoms with Gasteiger partial charge in [-0.3, -0.25) is 18.9 Å². The highest BCUT2D eigenvalue weighted by molar-refractivity contribution is 8.26. The molecule has 1 aromatic carbocycles. The summed E-state index contributed by atoms with van der Waals surface area (Å²) < 4.78 is 2.10. The minimum Gasteiger partial charge on any atom is -0.293 e. The van der Waals surface area contributed by atoms with Gasteiger partial charge in [-0.05, 0) is 43.2 Å². The van der Waals surface area contributed by atoms with E-state index in [1.54, 1.807) is 21.6 Å². The Morgan fingerprint density at radius 3 is 2.54 bits per heavy atom. The summed E-state index contributed by atoms with van der Waals surface area (Å²) in [5.41, 5.74) is 1.74. The lowest BCUT2D eigenvalue weighted by atomic mass is 10.1. The van der Waals surface area contributed by atoms with Gasteiger partial charge in [0.1, 0.15) is 15.0 Å². The Labute approximate surface area is 220 Å². The number of aryl methyl sites for hydroxylation is 1. The molecular formula is C27H29N3O2S3. The van der Waals surface area contributed by atoms with Gasteiger partial charge in [-0.25, -0.2) is 4.98 Å². The maximum atomic E-state index is 13.5. The van der Waals surface area contributed by atoms with Crippen molar-refractivity contribution in [2.75, 3.05) is 6.54 Å². The molecule has 4 rings (SSSR count). The molecule has 3 heterocycles. The number of hydrogen-bond donors (Lipinski definition) is 0. The summed E-state index contributed by atoms with van der Waals surface area (Å²) in [4.78, 5) is 34.7. The van der Waals surface area contributed by atoms with Gasteiger partial charge in [0.05, 0.1) is 10.5 Å². The number of thiocarbonyl (C=S) groups is 1. The van der Waals surface area contributed by atoms with Crippen molar-refractivity contribution < 1.29 is 4.79 Å². The van der Waals surface area contributed by atoms with Crippen molar-refractivity contribution in [3.63, 3.8) is 0 Å². The number of carbonyl (C=O) groups is 1. The summed E-state index contributed by atoms with van der Waals surface area (Å²) in [5, 5.41) is 0.580. The van der Waals surface area contributed by atoms with E-state index in [1.807, 2.05) is 49.4 Å². The van der Waals surface area contributed by atoms with Crippen LogP contribution in [-0.4, -0.2) is 31.1 Å². The maximum Gasteiger partial charge on any atom is 0.266 e. The minimum atomic E-state index is -0.196. The Balaban J connectivity index is 1.64. The quantitative estimate of drug-likeness (QED) is 0.127. The van der Waals surface area contributed by atoms with Crippen molar-refractivity contribution in [2.24, 2.45) is 0 Å². The monoisotopic (exact) mass is 523 g/mol. The molecule has 0 saturated carbocycles. The van der Waals surface area contributed by atoms with Gasteiger partial charge < -0.3 is 0 Å². The topological polar surface area (TPSA) is 54.7 Å². The molecule has 1 amide bonds. The smallest absolute Gasteiger partial charge is 0.266 e. The van der Waals surface area contributed by atoms with Crippen LogP contribution in [0.5, 0.6) is 0 Å². The molecule has 5 nitrogen and oxygen atoms in total. The Morgan fingerprint density at radius 1 is 1.03 bits per heavy atom. The fourth-order valence-electron chi connectivity index (χ4n) is 3.97. The highest BCUT2D eigenvalue weighted by Crippen LogP contribution is 2.35. The summed E-state index contributed by atoms with van der Waals surface area (Å²) in [5.74, 6) is -0.127. The number of carbonyl (C=O) groups excluding carboxylic acids is 1. The van der Waals surface area contributed by atoms with Crippen LogP contribution in [0.3, 0.4) is 0 Å². The molecule has 0 atom stereocenters. The van der Waals surface area contributed by atoms with Crippen molar-refractivity contribution in [2.45, 2.75) is 62.3 Å². The summed E-state index contributed by atoms with van der Waals surface area (Å²) in [6, 6.07) is 13.6. The number of pyridine rings is 1. The fourth-order valence-corrected chi connectivity index (χ4v) is 6.16. The summed E-state index contributed by atoms with van der Waals surface area (Å²) in [6.07, 6.45) is 10.3. The number of amides is 1. The Kier molecular flexibility index (Phi) is 8.81. The van der Waals surface area contributed by atoms with Crippen LogP contribution in [0, 0.1) is 6.92 Å². The van der Waals surface area contributed by atoms with Gasteiger partial charge in [0, 0.05) is 17.6 Å². The van der Waals surface area contributed by atoms with Gasteiger partial charge in [-0.15, -0.1) is 0 Å². The molecule has 3 aromatic rings. The third kappa shape index (κ3) is 6.05. The zero-order chi connectivity index (χ0) is 24.8. The third-order valence-electron chi connectivity index (χ3n) is 5.89. The first-order chi connectivity index (χ1) is 17.0. The van der Waals surface area contributed by atoms with Crippen molar-refractivity contribution >= 4 is 57.7 Å². The number of hydrogen-bond acceptors (Lipinski definition) is 6. The predicted octanol–water partition coefficient (Wildman–Crippen LogP) is 6.72. The molecule has 182 valence electrons. The molecule has 2 aromatic heterocycles. The van der Waals surface area contributed by atoms with E-state index in [-0.39, 0.29) is 11.5 Å². The van der Waals surface area contributed by atoms with Gasteiger partial charge in [0.2, 0.25) is 0 Å². The van der Waals surface area contributed by atoms with Crippen LogP contribution in [0.1, 0.15) is 56.6 Å². The summed E-state index contributed by atoms with van der Waals surface area (Å²) >= 11 is 8.21. The Hall–Kier alpha value is -2.42. The van der Waals surface area contributed by atoms with Crippen molar-refractivity contribution in [1.29, 1.82) is 0 Å². The molecule has 1 fully saturated rings. The van der Waals surface area contributed by atoms with E-state index in [9.17, 15) is 9.59 Å². The molecule has 0 N–H and O–H groups in total. The molecule has 0 spiro atoms. The summed E-state index contributed by atoms with van der Waals surface area (Å²) in [6.45, 7) is 4.76. The van der Waals surface area contributed by atoms with E-state index < -0.39 is 0 Å². The van der Waals surface area contributed by atoms with Crippen LogP contribution in [0.4, 0.5) is 0 Å². The van der Waals surface area contributed by atoms with E-state index in [1.165, 1.54) is 49.2 Å². The Morgan fingerprint density at radius 2 is 1.77 bits per heavy atom. The number of fused-ring (bicyclic) bond motifs is 1. The summed E-state index contributed by atoms with van der Waals surface area (Å²) in [7, 11) is 0. The number of nitrogens with zero attached hydrogens (tertiary/aromatic N) is 3. The van der Waals surface area contributed by atoms with Crippen LogP contribution in [0.2, 0.25) is 0 Å². The predicted molar refractivity (Wildman–Crippen MR) is 150 cm³/mol. The van der Waals surface area contributed by atoms with E-state index in [0.29, 0.717) is 32.0 Å². The number of rotatable bonds is 10. The molecule has 35 heavy (non-hydrogen) atoms. The second-order valence-corrected chi connectivity index (χ2v) is 11.3. The Bertz CT molecular complexity index is 1320. The highest BCUT2D eigenvalue weighted by atomic mass is 32.2. The van der Waals surface area contributed by atoms with Gasteiger partial charge in [-0.1, -0.05) is 99.0 Å². The van der Waals surface area contributed by atoms with Crippen LogP contribution in [0.15, 0.2) is 68.3 Å². The molecule has 0 bridgehead atoms. The molecular weight excluding hydrogens is 495 g/mol. The largest absolute Gasteiger partial charge is 0.293 e. The second-order valence-electron chi connectivity index (χ2n) is 8.54.